The van der Waals surface area contributed by atoms with E-state index in [0.29, 0.717) is 10.9 Å². The van der Waals surface area contributed by atoms with Gasteiger partial charge in [0.25, 0.3) is 0 Å². The van der Waals surface area contributed by atoms with Crippen LogP contribution in [0.15, 0.2) is 24.3 Å². The Balaban J connectivity index is 1.55. The van der Waals surface area contributed by atoms with Gasteiger partial charge in [0.2, 0.25) is 0 Å². The molecule has 1 aromatic carbocycles. The predicted molar refractivity (Wildman–Crippen MR) is 90.5 cm³/mol. The Morgan fingerprint density at radius 3 is 2.61 bits per heavy atom. The highest BCUT2D eigenvalue weighted by Gasteiger charge is 2.19. The summed E-state index contributed by atoms with van der Waals surface area (Å²) in [7, 11) is 0. The van der Waals surface area contributed by atoms with Crippen LogP contribution in [0.2, 0.25) is 0 Å². The number of nitrogens with two attached hydrogens (primary N) is 1. The number of anilines is 1. The zero-order valence-electron chi connectivity index (χ0n) is 13.1. The number of aryl methyl sites for hydroxylation is 1. The maximum atomic E-state index is 11.7. The summed E-state index contributed by atoms with van der Waals surface area (Å²) in [6.45, 7) is 1.94. The van der Waals surface area contributed by atoms with Crippen LogP contribution in [0, 0.1) is 6.92 Å². The second-order valence-electron chi connectivity index (χ2n) is 5.67. The molecule has 0 radical (unpaired) electrons. The Labute approximate surface area is 139 Å². The van der Waals surface area contributed by atoms with Gasteiger partial charge in [0.1, 0.15) is 11.9 Å². The molecule has 1 aliphatic rings. The number of hydrogen-bond donors (Lipinski definition) is 1. The van der Waals surface area contributed by atoms with Crippen molar-refractivity contribution in [2.75, 3.05) is 12.3 Å². The van der Waals surface area contributed by atoms with Gasteiger partial charge >= 0.3 is 5.97 Å². The largest absolute Gasteiger partial charge is 0.482 e. The molecule has 0 amide bonds. The maximum Gasteiger partial charge on any atom is 0.344 e. The summed E-state index contributed by atoms with van der Waals surface area (Å²) in [5.41, 5.74) is 7.60. The lowest BCUT2D eigenvalue weighted by atomic mass is 10.1. The van der Waals surface area contributed by atoms with E-state index in [9.17, 15) is 4.79 Å². The van der Waals surface area contributed by atoms with Crippen molar-refractivity contribution in [2.45, 2.75) is 38.7 Å². The molecule has 122 valence electrons. The Hall–Kier alpha value is -2.08. The third kappa shape index (κ3) is 4.01. The normalized spacial score (nSPS) is 14.8. The van der Waals surface area contributed by atoms with Crippen LogP contribution in [0.5, 0.6) is 5.75 Å². The van der Waals surface area contributed by atoms with Gasteiger partial charge in [0, 0.05) is 10.4 Å². The molecule has 0 atom stereocenters. The van der Waals surface area contributed by atoms with Crippen molar-refractivity contribution < 1.29 is 14.3 Å². The van der Waals surface area contributed by atoms with Gasteiger partial charge in [-0.05, 0) is 56.9 Å². The van der Waals surface area contributed by atoms with Crippen LogP contribution < -0.4 is 10.5 Å². The van der Waals surface area contributed by atoms with Gasteiger partial charge in [-0.3, -0.25) is 0 Å². The Kier molecular flexibility index (Phi) is 4.81. The second-order valence-corrected chi connectivity index (χ2v) is 6.90. The van der Waals surface area contributed by atoms with Gasteiger partial charge in [0.15, 0.2) is 11.7 Å². The maximum absolute atomic E-state index is 11.7. The van der Waals surface area contributed by atoms with Crippen molar-refractivity contribution in [1.29, 1.82) is 0 Å². The summed E-state index contributed by atoms with van der Waals surface area (Å²) in [6, 6.07) is 7.48. The molecular formula is C17H20N2O3S. The number of carbonyl (C=O) groups excluding carboxylic acids is 1. The lowest BCUT2D eigenvalue weighted by molar-refractivity contribution is -0.151. The Morgan fingerprint density at radius 1 is 1.30 bits per heavy atom. The third-order valence-corrected chi connectivity index (χ3v) is 4.70. The van der Waals surface area contributed by atoms with E-state index >= 15 is 0 Å². The molecule has 6 heteroatoms. The first-order valence-corrected chi connectivity index (χ1v) is 8.59. The number of nitrogen functional groups attached to an aromatic ring is 1. The fraction of sp³-hybridized carbons (Fsp3) is 0.412. The van der Waals surface area contributed by atoms with Crippen LogP contribution >= 0.6 is 11.3 Å². The van der Waals surface area contributed by atoms with Crippen LogP contribution in [-0.2, 0) is 9.53 Å². The number of benzene rings is 1. The first-order chi connectivity index (χ1) is 11.1. The number of nitrogens with zero attached hydrogens (tertiary/aromatic N) is 1. The number of rotatable bonds is 5. The molecule has 2 aromatic rings. The Bertz CT molecular complexity index is 676. The number of thiazole rings is 1. The highest BCUT2D eigenvalue weighted by Crippen LogP contribution is 2.29. The average Bonchev–Trinajstić information content (AvgIpc) is 3.15. The van der Waals surface area contributed by atoms with Crippen LogP contribution in [0.4, 0.5) is 5.13 Å². The van der Waals surface area contributed by atoms with Crippen molar-refractivity contribution >= 4 is 22.4 Å². The first kappa shape index (κ1) is 15.8. The molecule has 1 aromatic heterocycles. The molecule has 0 saturated heterocycles. The molecule has 1 fully saturated rings. The summed E-state index contributed by atoms with van der Waals surface area (Å²) in [5.74, 6) is 0.335. The van der Waals surface area contributed by atoms with Crippen LogP contribution in [-0.4, -0.2) is 23.7 Å². The van der Waals surface area contributed by atoms with Gasteiger partial charge in [-0.1, -0.05) is 0 Å². The summed E-state index contributed by atoms with van der Waals surface area (Å²) in [6.07, 6.45) is 4.29. The molecule has 1 aliphatic carbocycles. The van der Waals surface area contributed by atoms with Crippen molar-refractivity contribution in [2.24, 2.45) is 0 Å². The topological polar surface area (TPSA) is 74.4 Å². The van der Waals surface area contributed by atoms with E-state index in [1.54, 1.807) is 0 Å². The first-order valence-electron chi connectivity index (χ1n) is 7.77. The summed E-state index contributed by atoms with van der Waals surface area (Å²) in [4.78, 5) is 17.1. The minimum atomic E-state index is -0.302. The van der Waals surface area contributed by atoms with E-state index in [1.165, 1.54) is 11.3 Å². The molecule has 0 spiro atoms. The number of ether oxygens (including phenoxy) is 2. The lowest BCUT2D eigenvalue weighted by Gasteiger charge is -2.12. The summed E-state index contributed by atoms with van der Waals surface area (Å²) < 4.78 is 10.8. The quantitative estimate of drug-likeness (QED) is 0.847. The minimum absolute atomic E-state index is 0.0570. The standard InChI is InChI=1S/C17H20N2O3S/c1-11-16(19-17(18)23-11)12-6-8-13(9-7-12)21-10-15(20)22-14-4-2-3-5-14/h6-9,14H,2-5,10H2,1H3,(H2,18,19). The molecular weight excluding hydrogens is 312 g/mol. The second kappa shape index (κ2) is 7.00. The van der Waals surface area contributed by atoms with Gasteiger partial charge < -0.3 is 15.2 Å². The molecule has 23 heavy (non-hydrogen) atoms. The average molecular weight is 332 g/mol. The SMILES string of the molecule is Cc1sc(N)nc1-c1ccc(OCC(=O)OC2CCCC2)cc1. The van der Waals surface area contributed by atoms with E-state index in [0.717, 1.165) is 41.8 Å². The van der Waals surface area contributed by atoms with Gasteiger partial charge in [-0.2, -0.15) is 0 Å². The summed E-state index contributed by atoms with van der Waals surface area (Å²) >= 11 is 1.47. The fourth-order valence-corrected chi connectivity index (χ4v) is 3.47. The minimum Gasteiger partial charge on any atom is -0.482 e. The molecule has 0 unspecified atom stereocenters. The van der Waals surface area contributed by atoms with E-state index in [4.69, 9.17) is 15.2 Å². The molecule has 0 bridgehead atoms. The molecule has 2 N–H and O–H groups in total. The van der Waals surface area contributed by atoms with Crippen molar-refractivity contribution in [3.05, 3.63) is 29.1 Å². The van der Waals surface area contributed by atoms with Crippen LogP contribution in [0.3, 0.4) is 0 Å². The highest BCUT2D eigenvalue weighted by atomic mass is 32.1. The van der Waals surface area contributed by atoms with Crippen molar-refractivity contribution in [1.82, 2.24) is 4.98 Å². The van der Waals surface area contributed by atoms with Gasteiger partial charge in [-0.15, -0.1) is 11.3 Å². The van der Waals surface area contributed by atoms with Gasteiger partial charge in [-0.25, -0.2) is 9.78 Å². The zero-order valence-corrected chi connectivity index (χ0v) is 13.9. The van der Waals surface area contributed by atoms with Crippen molar-refractivity contribution in [3.8, 4) is 17.0 Å². The molecule has 5 nitrogen and oxygen atoms in total. The molecule has 1 saturated carbocycles. The Morgan fingerprint density at radius 2 is 2.00 bits per heavy atom. The monoisotopic (exact) mass is 332 g/mol. The smallest absolute Gasteiger partial charge is 0.344 e. The van der Waals surface area contributed by atoms with Crippen LogP contribution in [0.25, 0.3) is 11.3 Å². The fourth-order valence-electron chi connectivity index (χ4n) is 2.76. The lowest BCUT2D eigenvalue weighted by Crippen LogP contribution is -2.20. The number of esters is 1. The zero-order chi connectivity index (χ0) is 16.2. The van der Waals surface area contributed by atoms with Gasteiger partial charge in [0.05, 0.1) is 5.69 Å². The number of carbonyl (C=O) groups is 1. The number of hydrogen-bond acceptors (Lipinski definition) is 6. The predicted octanol–water partition coefficient (Wildman–Crippen LogP) is 3.57. The van der Waals surface area contributed by atoms with E-state index in [1.807, 2.05) is 31.2 Å². The number of aromatic nitrogens is 1. The molecule has 3 rings (SSSR count). The third-order valence-electron chi connectivity index (χ3n) is 3.90. The molecule has 1 heterocycles. The van der Waals surface area contributed by atoms with Crippen molar-refractivity contribution in [3.63, 3.8) is 0 Å². The van der Waals surface area contributed by atoms with Crippen LogP contribution in [0.1, 0.15) is 30.6 Å². The van der Waals surface area contributed by atoms with E-state index in [2.05, 4.69) is 4.98 Å². The van der Waals surface area contributed by atoms with E-state index in [-0.39, 0.29) is 18.7 Å². The van der Waals surface area contributed by atoms with E-state index < -0.39 is 0 Å². The summed E-state index contributed by atoms with van der Waals surface area (Å²) in [5, 5.41) is 0.562. The molecule has 0 aliphatic heterocycles. The highest BCUT2D eigenvalue weighted by molar-refractivity contribution is 7.15.